The lowest BCUT2D eigenvalue weighted by Gasteiger charge is -2.07. The van der Waals surface area contributed by atoms with Crippen molar-refractivity contribution in [2.45, 2.75) is 26.0 Å². The average Bonchev–Trinajstić information content (AvgIpc) is 2.16. The predicted octanol–water partition coefficient (Wildman–Crippen LogP) is 1.32. The molecular weight excluding hydrogens is 210 g/mol. The predicted molar refractivity (Wildman–Crippen MR) is 64.3 cm³/mol. The van der Waals surface area contributed by atoms with Crippen molar-refractivity contribution < 1.29 is 0 Å². The molecule has 6 heteroatoms. The van der Waals surface area contributed by atoms with Crippen molar-refractivity contribution in [1.29, 1.82) is 0 Å². The Balaban J connectivity index is 2.43. The average molecular weight is 227 g/mol. The van der Waals surface area contributed by atoms with E-state index in [1.165, 1.54) is 6.42 Å². The highest BCUT2D eigenvalue weighted by Gasteiger charge is 2.03. The highest BCUT2D eigenvalue weighted by molar-refractivity contribution is 7.98. The van der Waals surface area contributed by atoms with Crippen LogP contribution in [0.5, 0.6) is 0 Å². The molecule has 0 aromatic carbocycles. The minimum atomic E-state index is 0.196. The number of anilines is 2. The summed E-state index contributed by atoms with van der Waals surface area (Å²) in [6.45, 7) is 4.41. The van der Waals surface area contributed by atoms with Crippen LogP contribution in [0.15, 0.2) is 0 Å². The lowest BCUT2D eigenvalue weighted by atomic mass is 10.2. The van der Waals surface area contributed by atoms with Crippen LogP contribution in [-0.2, 0) is 5.75 Å². The van der Waals surface area contributed by atoms with E-state index < -0.39 is 0 Å². The topological polar surface area (TPSA) is 90.7 Å². The third-order valence-electron chi connectivity index (χ3n) is 2.05. The lowest BCUT2D eigenvalue weighted by Crippen LogP contribution is -2.06. The van der Waals surface area contributed by atoms with E-state index in [9.17, 15) is 0 Å². The molecule has 1 unspecified atom stereocenters. The maximum atomic E-state index is 5.47. The van der Waals surface area contributed by atoms with E-state index in [4.69, 9.17) is 11.5 Å². The van der Waals surface area contributed by atoms with Gasteiger partial charge in [-0.05, 0) is 11.7 Å². The van der Waals surface area contributed by atoms with Crippen LogP contribution < -0.4 is 11.5 Å². The van der Waals surface area contributed by atoms with Gasteiger partial charge < -0.3 is 11.5 Å². The van der Waals surface area contributed by atoms with E-state index in [1.54, 1.807) is 11.8 Å². The van der Waals surface area contributed by atoms with Crippen molar-refractivity contribution in [2.75, 3.05) is 17.2 Å². The van der Waals surface area contributed by atoms with Gasteiger partial charge in [-0.15, -0.1) is 0 Å². The Bertz CT molecular complexity index is 297. The number of hydrogen-bond acceptors (Lipinski definition) is 6. The van der Waals surface area contributed by atoms with Crippen molar-refractivity contribution >= 4 is 23.7 Å². The second kappa shape index (κ2) is 5.75. The van der Waals surface area contributed by atoms with Crippen LogP contribution in [0.1, 0.15) is 26.1 Å². The Morgan fingerprint density at radius 1 is 1.20 bits per heavy atom. The first-order chi connectivity index (χ1) is 7.11. The number of nitrogens with two attached hydrogens (primary N) is 2. The molecule has 0 aliphatic rings. The van der Waals surface area contributed by atoms with Gasteiger partial charge in [0, 0.05) is 0 Å². The molecule has 4 N–H and O–H groups in total. The molecule has 0 amide bonds. The summed E-state index contributed by atoms with van der Waals surface area (Å²) in [6.07, 6.45) is 1.19. The summed E-state index contributed by atoms with van der Waals surface area (Å²) in [5, 5.41) is 0. The van der Waals surface area contributed by atoms with Gasteiger partial charge in [-0.1, -0.05) is 20.3 Å². The fraction of sp³-hybridized carbons (Fsp3) is 0.667. The number of nitrogens with zero attached hydrogens (tertiary/aromatic N) is 3. The molecule has 0 aliphatic heterocycles. The first kappa shape index (κ1) is 12.0. The largest absolute Gasteiger partial charge is 0.368 e. The van der Waals surface area contributed by atoms with Gasteiger partial charge in [0.1, 0.15) is 5.82 Å². The van der Waals surface area contributed by atoms with Gasteiger partial charge in [0.2, 0.25) is 11.9 Å². The molecule has 0 radical (unpaired) electrons. The van der Waals surface area contributed by atoms with Crippen LogP contribution in [0, 0.1) is 5.92 Å². The minimum Gasteiger partial charge on any atom is -0.368 e. The molecule has 84 valence electrons. The molecule has 0 aliphatic carbocycles. The van der Waals surface area contributed by atoms with Gasteiger partial charge in [0.25, 0.3) is 0 Å². The Kier molecular flexibility index (Phi) is 4.61. The van der Waals surface area contributed by atoms with Gasteiger partial charge >= 0.3 is 0 Å². The second-order valence-corrected chi connectivity index (χ2v) is 4.53. The number of rotatable bonds is 5. The summed E-state index contributed by atoms with van der Waals surface area (Å²) in [5.74, 6) is 3.60. The first-order valence-corrected chi connectivity index (χ1v) is 6.11. The number of hydrogen-bond donors (Lipinski definition) is 2. The highest BCUT2D eigenvalue weighted by atomic mass is 32.2. The number of aromatic nitrogens is 3. The van der Waals surface area contributed by atoms with Crippen LogP contribution in [0.25, 0.3) is 0 Å². The van der Waals surface area contributed by atoms with Crippen LogP contribution in [0.2, 0.25) is 0 Å². The van der Waals surface area contributed by atoms with Gasteiger partial charge in [0.05, 0.1) is 5.75 Å². The van der Waals surface area contributed by atoms with Crippen molar-refractivity contribution in [3.63, 3.8) is 0 Å². The zero-order chi connectivity index (χ0) is 11.3. The van der Waals surface area contributed by atoms with Crippen molar-refractivity contribution in [2.24, 2.45) is 5.92 Å². The van der Waals surface area contributed by atoms with Crippen molar-refractivity contribution in [3.8, 4) is 0 Å². The zero-order valence-corrected chi connectivity index (χ0v) is 9.92. The summed E-state index contributed by atoms with van der Waals surface area (Å²) in [7, 11) is 0. The molecule has 15 heavy (non-hydrogen) atoms. The Labute approximate surface area is 94.1 Å². The Morgan fingerprint density at radius 3 is 2.33 bits per heavy atom. The van der Waals surface area contributed by atoms with Gasteiger partial charge in [-0.3, -0.25) is 0 Å². The molecule has 5 nitrogen and oxygen atoms in total. The monoisotopic (exact) mass is 227 g/mol. The molecule has 1 atom stereocenters. The molecular formula is C9H17N5S. The second-order valence-electron chi connectivity index (χ2n) is 3.50. The molecule has 1 aromatic heterocycles. The van der Waals surface area contributed by atoms with Crippen LogP contribution in [0.4, 0.5) is 11.9 Å². The third-order valence-corrected chi connectivity index (χ3v) is 3.31. The van der Waals surface area contributed by atoms with Crippen LogP contribution in [0.3, 0.4) is 0 Å². The maximum absolute atomic E-state index is 5.47. The van der Waals surface area contributed by atoms with Crippen LogP contribution >= 0.6 is 11.8 Å². The fourth-order valence-electron chi connectivity index (χ4n) is 0.991. The zero-order valence-electron chi connectivity index (χ0n) is 9.10. The molecule has 0 fully saturated rings. The van der Waals surface area contributed by atoms with Gasteiger partial charge in [0.15, 0.2) is 0 Å². The van der Waals surface area contributed by atoms with Gasteiger partial charge in [-0.25, -0.2) is 0 Å². The van der Waals surface area contributed by atoms with E-state index in [1.807, 2.05) is 0 Å². The minimum absolute atomic E-state index is 0.196. The van der Waals surface area contributed by atoms with E-state index in [0.717, 1.165) is 11.5 Å². The molecule has 1 heterocycles. The van der Waals surface area contributed by atoms with Crippen molar-refractivity contribution in [3.05, 3.63) is 5.82 Å². The normalized spacial score (nSPS) is 12.7. The quantitative estimate of drug-likeness (QED) is 0.788. The summed E-state index contributed by atoms with van der Waals surface area (Å²) in [4.78, 5) is 11.7. The first-order valence-electron chi connectivity index (χ1n) is 4.95. The maximum Gasteiger partial charge on any atom is 0.225 e. The molecule has 0 spiro atoms. The molecule has 1 aromatic rings. The summed E-state index contributed by atoms with van der Waals surface area (Å²) in [6, 6.07) is 0. The smallest absolute Gasteiger partial charge is 0.225 e. The van der Waals surface area contributed by atoms with E-state index in [2.05, 4.69) is 28.8 Å². The van der Waals surface area contributed by atoms with Crippen molar-refractivity contribution in [1.82, 2.24) is 15.0 Å². The standard InChI is InChI=1S/C9H17N5S/c1-3-6(2)4-15-5-7-12-8(10)14-9(11)13-7/h6H,3-5H2,1-2H3,(H4,10,11,12,13,14). The van der Waals surface area contributed by atoms with Crippen LogP contribution in [-0.4, -0.2) is 20.7 Å². The summed E-state index contributed by atoms with van der Waals surface area (Å²) >= 11 is 1.79. The lowest BCUT2D eigenvalue weighted by molar-refractivity contribution is 0.636. The number of nitrogen functional groups attached to an aromatic ring is 2. The summed E-state index contributed by atoms with van der Waals surface area (Å²) in [5.41, 5.74) is 10.9. The molecule has 0 saturated heterocycles. The third kappa shape index (κ3) is 4.33. The Morgan fingerprint density at radius 2 is 1.80 bits per heavy atom. The van der Waals surface area contributed by atoms with E-state index in [-0.39, 0.29) is 11.9 Å². The molecule has 1 rings (SSSR count). The summed E-state index contributed by atoms with van der Waals surface area (Å²) < 4.78 is 0. The molecule has 0 bridgehead atoms. The number of thioether (sulfide) groups is 1. The van der Waals surface area contributed by atoms with Gasteiger partial charge in [-0.2, -0.15) is 26.7 Å². The Hall–Kier alpha value is -1.04. The van der Waals surface area contributed by atoms with E-state index in [0.29, 0.717) is 11.7 Å². The SMILES string of the molecule is CCC(C)CSCc1nc(N)nc(N)n1. The highest BCUT2D eigenvalue weighted by Crippen LogP contribution is 2.15. The van der Waals surface area contributed by atoms with E-state index >= 15 is 0 Å². The molecule has 0 saturated carbocycles. The fourth-order valence-corrected chi connectivity index (χ4v) is 2.06.